The van der Waals surface area contributed by atoms with Crippen LogP contribution in [0.3, 0.4) is 0 Å². The number of aromatic nitrogens is 2. The number of thioether (sulfide) groups is 1. The lowest BCUT2D eigenvalue weighted by atomic mass is 10.3. The number of H-pyrrole nitrogens is 1. The van der Waals surface area contributed by atoms with Crippen molar-refractivity contribution in [3.05, 3.63) is 18.5 Å². The van der Waals surface area contributed by atoms with Crippen LogP contribution in [0, 0.1) is 0 Å². The van der Waals surface area contributed by atoms with E-state index in [-0.39, 0.29) is 16.7 Å². The van der Waals surface area contributed by atoms with E-state index in [1.54, 1.807) is 0 Å². The first kappa shape index (κ1) is 10.2. The molecule has 3 N–H and O–H groups in total. The van der Waals surface area contributed by atoms with Crippen molar-refractivity contribution < 1.29 is 13.2 Å². The SMILES string of the molecule is Nc1ccc(SC(F)(F)F)c2[nH]cnc12. The summed E-state index contributed by atoms with van der Waals surface area (Å²) in [6.07, 6.45) is 1.32. The van der Waals surface area contributed by atoms with Crippen LogP contribution in [0.2, 0.25) is 0 Å². The van der Waals surface area contributed by atoms with Crippen molar-refractivity contribution in [2.45, 2.75) is 10.4 Å². The maximum Gasteiger partial charge on any atom is 0.446 e. The molecule has 15 heavy (non-hydrogen) atoms. The van der Waals surface area contributed by atoms with E-state index in [4.69, 9.17) is 5.73 Å². The van der Waals surface area contributed by atoms with Gasteiger partial charge in [0, 0.05) is 4.90 Å². The number of imidazole rings is 1. The van der Waals surface area contributed by atoms with Gasteiger partial charge in [-0.1, -0.05) is 0 Å². The highest BCUT2D eigenvalue weighted by molar-refractivity contribution is 8.00. The van der Waals surface area contributed by atoms with Gasteiger partial charge in [0.15, 0.2) is 0 Å². The molecule has 1 heterocycles. The molecule has 1 aromatic heterocycles. The Bertz CT molecular complexity index is 491. The van der Waals surface area contributed by atoms with Crippen molar-refractivity contribution in [3.63, 3.8) is 0 Å². The van der Waals surface area contributed by atoms with Crippen LogP contribution in [-0.2, 0) is 0 Å². The lowest BCUT2D eigenvalue weighted by Gasteiger charge is -2.06. The van der Waals surface area contributed by atoms with Gasteiger partial charge in [0.05, 0.1) is 17.5 Å². The van der Waals surface area contributed by atoms with Gasteiger partial charge in [0.2, 0.25) is 0 Å². The molecule has 0 atom stereocenters. The van der Waals surface area contributed by atoms with Crippen LogP contribution in [-0.4, -0.2) is 15.5 Å². The Kier molecular flexibility index (Phi) is 2.26. The number of halogens is 3. The van der Waals surface area contributed by atoms with E-state index in [2.05, 4.69) is 9.97 Å². The minimum absolute atomic E-state index is 0.0733. The Morgan fingerprint density at radius 1 is 1.33 bits per heavy atom. The summed E-state index contributed by atoms with van der Waals surface area (Å²) in [6, 6.07) is 2.74. The fourth-order valence-corrected chi connectivity index (χ4v) is 1.88. The lowest BCUT2D eigenvalue weighted by molar-refractivity contribution is -0.0327. The van der Waals surface area contributed by atoms with E-state index in [1.807, 2.05) is 0 Å². The van der Waals surface area contributed by atoms with Gasteiger partial charge in [-0.05, 0) is 23.9 Å². The van der Waals surface area contributed by atoms with Crippen molar-refractivity contribution in [1.29, 1.82) is 0 Å². The predicted octanol–water partition coefficient (Wildman–Crippen LogP) is 2.76. The highest BCUT2D eigenvalue weighted by atomic mass is 32.2. The van der Waals surface area contributed by atoms with Crippen molar-refractivity contribution in [2.75, 3.05) is 5.73 Å². The van der Waals surface area contributed by atoms with Crippen LogP contribution < -0.4 is 5.73 Å². The quantitative estimate of drug-likeness (QED) is 0.588. The molecular weight excluding hydrogens is 227 g/mol. The largest absolute Gasteiger partial charge is 0.446 e. The Morgan fingerprint density at radius 2 is 2.07 bits per heavy atom. The highest BCUT2D eigenvalue weighted by Gasteiger charge is 2.30. The fraction of sp³-hybridized carbons (Fsp3) is 0.125. The average molecular weight is 233 g/mol. The van der Waals surface area contributed by atoms with Crippen molar-refractivity contribution in [1.82, 2.24) is 9.97 Å². The third-order valence-electron chi connectivity index (χ3n) is 1.80. The monoisotopic (exact) mass is 233 g/mol. The first-order valence-corrected chi connectivity index (χ1v) is 4.76. The molecule has 1 aromatic carbocycles. The summed E-state index contributed by atoms with van der Waals surface area (Å²) >= 11 is -0.183. The lowest BCUT2D eigenvalue weighted by Crippen LogP contribution is -1.99. The predicted molar refractivity (Wildman–Crippen MR) is 52.4 cm³/mol. The molecule has 0 unspecified atom stereocenters. The Morgan fingerprint density at radius 3 is 2.73 bits per heavy atom. The van der Waals surface area contributed by atoms with E-state index < -0.39 is 5.51 Å². The molecule has 2 rings (SSSR count). The molecule has 0 saturated heterocycles. The van der Waals surface area contributed by atoms with E-state index >= 15 is 0 Å². The summed E-state index contributed by atoms with van der Waals surface area (Å²) in [6.45, 7) is 0. The highest BCUT2D eigenvalue weighted by Crippen LogP contribution is 2.40. The van der Waals surface area contributed by atoms with Gasteiger partial charge in [-0.15, -0.1) is 0 Å². The minimum atomic E-state index is -4.31. The Balaban J connectivity index is 2.53. The van der Waals surface area contributed by atoms with E-state index in [0.29, 0.717) is 16.7 Å². The van der Waals surface area contributed by atoms with Crippen LogP contribution >= 0.6 is 11.8 Å². The number of nitrogen functional groups attached to an aromatic ring is 1. The van der Waals surface area contributed by atoms with E-state index in [1.165, 1.54) is 18.5 Å². The molecule has 0 aliphatic heterocycles. The van der Waals surface area contributed by atoms with Crippen molar-refractivity contribution in [2.24, 2.45) is 0 Å². The van der Waals surface area contributed by atoms with Gasteiger partial charge in [0.1, 0.15) is 5.52 Å². The number of anilines is 1. The normalized spacial score (nSPS) is 12.2. The van der Waals surface area contributed by atoms with Crippen LogP contribution in [0.5, 0.6) is 0 Å². The smallest absolute Gasteiger partial charge is 0.397 e. The van der Waals surface area contributed by atoms with E-state index in [9.17, 15) is 13.2 Å². The third-order valence-corrected chi connectivity index (χ3v) is 2.59. The van der Waals surface area contributed by atoms with Gasteiger partial charge in [-0.2, -0.15) is 13.2 Å². The number of hydrogen-bond acceptors (Lipinski definition) is 3. The zero-order valence-electron chi connectivity index (χ0n) is 7.30. The third kappa shape index (κ3) is 2.01. The summed E-state index contributed by atoms with van der Waals surface area (Å²) in [7, 11) is 0. The molecule has 0 radical (unpaired) electrons. The number of rotatable bonds is 1. The topological polar surface area (TPSA) is 54.7 Å². The summed E-state index contributed by atoms with van der Waals surface area (Å²) in [5.74, 6) is 0. The molecule has 80 valence electrons. The van der Waals surface area contributed by atoms with Crippen LogP contribution in [0.1, 0.15) is 0 Å². The van der Waals surface area contributed by atoms with Crippen molar-refractivity contribution >= 4 is 28.5 Å². The number of fused-ring (bicyclic) bond motifs is 1. The molecule has 0 fully saturated rings. The number of nitrogens with one attached hydrogen (secondary N) is 1. The molecule has 0 spiro atoms. The molecule has 0 saturated carbocycles. The van der Waals surface area contributed by atoms with Gasteiger partial charge >= 0.3 is 5.51 Å². The second-order valence-corrected chi connectivity index (χ2v) is 3.93. The summed E-state index contributed by atoms with van der Waals surface area (Å²) in [5.41, 5.74) is 2.29. The summed E-state index contributed by atoms with van der Waals surface area (Å²) < 4.78 is 36.5. The molecule has 7 heteroatoms. The molecule has 0 amide bonds. The molecule has 3 nitrogen and oxygen atoms in total. The molecule has 2 aromatic rings. The number of nitrogens with two attached hydrogens (primary N) is 1. The minimum Gasteiger partial charge on any atom is -0.397 e. The Labute approximate surface area is 86.9 Å². The standard InChI is InChI=1S/C8H6F3N3S/c9-8(10,11)15-5-2-1-4(12)6-7(5)14-3-13-6/h1-3H,12H2,(H,13,14). The molecule has 0 aliphatic rings. The maximum absolute atomic E-state index is 12.2. The molecule has 0 bridgehead atoms. The van der Waals surface area contributed by atoms with Gasteiger partial charge in [-0.25, -0.2) is 4.98 Å². The van der Waals surface area contributed by atoms with Crippen LogP contribution in [0.15, 0.2) is 23.4 Å². The molecule has 0 aliphatic carbocycles. The van der Waals surface area contributed by atoms with Crippen LogP contribution in [0.4, 0.5) is 18.9 Å². The van der Waals surface area contributed by atoms with Gasteiger partial charge in [-0.3, -0.25) is 0 Å². The van der Waals surface area contributed by atoms with E-state index in [0.717, 1.165) is 0 Å². The first-order chi connectivity index (χ1) is 6.97. The number of nitrogens with zero attached hydrogens (tertiary/aromatic N) is 1. The molecular formula is C8H6F3N3S. The first-order valence-electron chi connectivity index (χ1n) is 3.95. The second-order valence-electron chi connectivity index (χ2n) is 2.83. The number of aromatic amines is 1. The fourth-order valence-electron chi connectivity index (χ4n) is 1.24. The Hall–Kier alpha value is -1.37. The van der Waals surface area contributed by atoms with Crippen LogP contribution in [0.25, 0.3) is 11.0 Å². The summed E-state index contributed by atoms with van der Waals surface area (Å²) in [5, 5.41) is 0. The zero-order chi connectivity index (χ0) is 11.1. The second kappa shape index (κ2) is 3.34. The zero-order valence-corrected chi connectivity index (χ0v) is 8.12. The van der Waals surface area contributed by atoms with Gasteiger partial charge < -0.3 is 10.7 Å². The van der Waals surface area contributed by atoms with Gasteiger partial charge in [0.25, 0.3) is 0 Å². The number of benzene rings is 1. The maximum atomic E-state index is 12.2. The number of hydrogen-bond donors (Lipinski definition) is 2. The number of alkyl halides is 3. The summed E-state index contributed by atoms with van der Waals surface area (Å²) in [4.78, 5) is 6.56. The van der Waals surface area contributed by atoms with Crippen molar-refractivity contribution in [3.8, 4) is 0 Å². The average Bonchev–Trinajstić information content (AvgIpc) is 2.57.